The van der Waals surface area contributed by atoms with Gasteiger partial charge in [-0.25, -0.2) is 4.79 Å². The summed E-state index contributed by atoms with van der Waals surface area (Å²) in [7, 11) is 2.75. The Hall–Kier alpha value is -2.45. The molecule has 1 rings (SSSR count). The number of aliphatic carboxylic acids is 1. The Labute approximate surface area is 121 Å². The first kappa shape index (κ1) is 16.6. The van der Waals surface area contributed by atoms with Crippen molar-refractivity contribution in [2.75, 3.05) is 20.8 Å². The first-order valence-electron chi connectivity index (χ1n) is 5.86. The van der Waals surface area contributed by atoms with E-state index >= 15 is 0 Å². The number of benzene rings is 1. The van der Waals surface area contributed by atoms with Crippen LogP contribution >= 0.6 is 0 Å². The average molecular weight is 299 g/mol. The number of aliphatic hydroxyl groups is 2. The summed E-state index contributed by atoms with van der Waals surface area (Å²) in [6.45, 7) is -0.292. The molecule has 0 aliphatic carbocycles. The van der Waals surface area contributed by atoms with Crippen LogP contribution < -0.4 is 19.9 Å². The minimum Gasteiger partial charge on any atom is -0.500 e. The molecule has 21 heavy (non-hydrogen) atoms. The van der Waals surface area contributed by atoms with Crippen LogP contribution in [0.5, 0.6) is 17.2 Å². The van der Waals surface area contributed by atoms with E-state index in [0.29, 0.717) is 11.8 Å². The van der Waals surface area contributed by atoms with Crippen molar-refractivity contribution in [2.45, 2.75) is 6.04 Å². The minimum atomic E-state index is -1.53. The van der Waals surface area contributed by atoms with Gasteiger partial charge in [-0.15, -0.1) is 0 Å². The summed E-state index contributed by atoms with van der Waals surface area (Å²) in [5.41, 5.74) is 6.25. The minimum absolute atomic E-state index is 0.121. The van der Waals surface area contributed by atoms with Crippen LogP contribution in [0.15, 0.2) is 24.2 Å². The summed E-state index contributed by atoms with van der Waals surface area (Å²) in [4.78, 5) is 10.5. The van der Waals surface area contributed by atoms with Crippen molar-refractivity contribution >= 4 is 5.97 Å². The highest BCUT2D eigenvalue weighted by Crippen LogP contribution is 2.41. The molecule has 0 heterocycles. The lowest BCUT2D eigenvalue weighted by molar-refractivity contribution is -0.135. The van der Waals surface area contributed by atoms with E-state index in [4.69, 9.17) is 35.3 Å². The fourth-order valence-corrected chi connectivity index (χ4v) is 1.62. The van der Waals surface area contributed by atoms with Crippen LogP contribution in [0.25, 0.3) is 0 Å². The van der Waals surface area contributed by atoms with E-state index in [2.05, 4.69) is 0 Å². The van der Waals surface area contributed by atoms with Crippen molar-refractivity contribution in [3.63, 3.8) is 0 Å². The molecule has 0 aromatic heterocycles. The summed E-state index contributed by atoms with van der Waals surface area (Å²) < 4.78 is 15.4. The Morgan fingerprint density at radius 1 is 1.29 bits per heavy atom. The predicted molar refractivity (Wildman–Crippen MR) is 72.5 cm³/mol. The van der Waals surface area contributed by atoms with Crippen molar-refractivity contribution < 1.29 is 34.3 Å². The summed E-state index contributed by atoms with van der Waals surface area (Å²) in [6.07, 6.45) is 0.658. The number of carboxylic acid groups (broad SMARTS) is 1. The zero-order valence-corrected chi connectivity index (χ0v) is 11.6. The number of hydrogen-bond donors (Lipinski definition) is 4. The lowest BCUT2D eigenvalue weighted by Gasteiger charge is -2.18. The Kier molecular flexibility index (Phi) is 5.82. The molecule has 1 unspecified atom stereocenters. The van der Waals surface area contributed by atoms with Crippen LogP contribution in [0.1, 0.15) is 11.6 Å². The second kappa shape index (κ2) is 7.36. The first-order chi connectivity index (χ1) is 9.96. The van der Waals surface area contributed by atoms with Gasteiger partial charge in [0.05, 0.1) is 26.9 Å². The maximum atomic E-state index is 10.5. The highest BCUT2D eigenvalue weighted by molar-refractivity contribution is 5.83. The number of nitrogens with two attached hydrogens (primary N) is 1. The Bertz CT molecular complexity index is 542. The number of carbonyl (C=O) groups is 1. The highest BCUT2D eigenvalue weighted by Gasteiger charge is 2.20. The lowest BCUT2D eigenvalue weighted by atomic mass is 10.1. The van der Waals surface area contributed by atoms with Gasteiger partial charge in [-0.3, -0.25) is 0 Å². The number of methoxy groups -OCH3 is 2. The molecule has 1 atom stereocenters. The predicted octanol–water partition coefficient (Wildman–Crippen LogP) is 0.559. The number of carboxylic acids is 1. The average Bonchev–Trinajstić information content (AvgIpc) is 2.50. The van der Waals surface area contributed by atoms with Crippen LogP contribution in [0, 0.1) is 0 Å². The third kappa shape index (κ3) is 3.77. The topological polar surface area (TPSA) is 131 Å². The largest absolute Gasteiger partial charge is 0.500 e. The zero-order chi connectivity index (χ0) is 16.0. The summed E-state index contributed by atoms with van der Waals surface area (Å²) in [5.74, 6) is -1.96. The van der Waals surface area contributed by atoms with E-state index in [-0.39, 0.29) is 23.9 Å². The van der Waals surface area contributed by atoms with Crippen LogP contribution in [0.4, 0.5) is 0 Å². The normalized spacial score (nSPS) is 12.7. The van der Waals surface area contributed by atoms with E-state index in [1.165, 1.54) is 20.3 Å². The van der Waals surface area contributed by atoms with E-state index in [1.807, 2.05) is 0 Å². The number of rotatable bonds is 7. The monoisotopic (exact) mass is 299 g/mol. The molecule has 0 saturated carbocycles. The molecule has 0 amide bonds. The fraction of sp³-hybridized carbons (Fsp3) is 0.308. The molecule has 0 aliphatic rings. The molecular weight excluding hydrogens is 282 g/mol. The summed E-state index contributed by atoms with van der Waals surface area (Å²) >= 11 is 0. The fourth-order valence-electron chi connectivity index (χ4n) is 1.62. The molecule has 8 heteroatoms. The smallest absolute Gasteiger partial charge is 0.374 e. The molecular formula is C13H17NO7. The standard InChI is InChI=1S/C13H17NO7/c1-19-11-7(8(14)5-15)3-4-10(12(11)20-2)21-6-9(16)13(17)18/h3-4,6,8,15-16H,5,14H2,1-2H3,(H,17,18)/b9-6-. The van der Waals surface area contributed by atoms with Gasteiger partial charge in [0.25, 0.3) is 0 Å². The molecule has 1 aromatic rings. The first-order valence-corrected chi connectivity index (χ1v) is 5.86. The molecule has 1 aromatic carbocycles. The van der Waals surface area contributed by atoms with E-state index < -0.39 is 17.8 Å². The number of aliphatic hydroxyl groups excluding tert-OH is 2. The van der Waals surface area contributed by atoms with Gasteiger partial charge in [0.15, 0.2) is 11.5 Å². The summed E-state index contributed by atoms with van der Waals surface area (Å²) in [6, 6.07) is 2.33. The maximum absolute atomic E-state index is 10.5. The maximum Gasteiger partial charge on any atom is 0.374 e. The van der Waals surface area contributed by atoms with Gasteiger partial charge in [0.1, 0.15) is 6.26 Å². The molecule has 0 bridgehead atoms. The molecule has 8 nitrogen and oxygen atoms in total. The third-order valence-electron chi connectivity index (χ3n) is 2.63. The number of hydrogen-bond acceptors (Lipinski definition) is 7. The van der Waals surface area contributed by atoms with Crippen molar-refractivity contribution in [3.05, 3.63) is 29.7 Å². The molecule has 0 aliphatic heterocycles. The van der Waals surface area contributed by atoms with Crippen molar-refractivity contribution in [2.24, 2.45) is 5.73 Å². The van der Waals surface area contributed by atoms with Crippen molar-refractivity contribution in [1.82, 2.24) is 0 Å². The van der Waals surface area contributed by atoms with Crippen LogP contribution in [-0.2, 0) is 4.79 Å². The molecule has 0 spiro atoms. The summed E-state index contributed by atoms with van der Waals surface area (Å²) in [5, 5.41) is 26.7. The Balaban J connectivity index is 3.23. The van der Waals surface area contributed by atoms with Gasteiger partial charge in [-0.2, -0.15) is 0 Å². The van der Waals surface area contributed by atoms with E-state index in [1.54, 1.807) is 6.07 Å². The van der Waals surface area contributed by atoms with Gasteiger partial charge >= 0.3 is 5.97 Å². The van der Waals surface area contributed by atoms with Gasteiger partial charge in [0.2, 0.25) is 11.5 Å². The SMILES string of the molecule is COc1c(O/C=C(\O)C(=O)O)ccc(C(N)CO)c1OC. The van der Waals surface area contributed by atoms with Gasteiger partial charge in [-0.1, -0.05) is 0 Å². The van der Waals surface area contributed by atoms with Crippen LogP contribution in [-0.4, -0.2) is 42.1 Å². The van der Waals surface area contributed by atoms with E-state index in [0.717, 1.165) is 0 Å². The third-order valence-corrected chi connectivity index (χ3v) is 2.63. The second-order valence-corrected chi connectivity index (χ2v) is 3.93. The molecule has 0 fully saturated rings. The molecule has 5 N–H and O–H groups in total. The Morgan fingerprint density at radius 3 is 2.38 bits per heavy atom. The van der Waals surface area contributed by atoms with Gasteiger partial charge in [-0.05, 0) is 12.1 Å². The zero-order valence-electron chi connectivity index (χ0n) is 11.6. The quantitative estimate of drug-likeness (QED) is 0.424. The molecule has 0 saturated heterocycles. The second-order valence-electron chi connectivity index (χ2n) is 3.93. The molecule has 116 valence electrons. The highest BCUT2D eigenvalue weighted by atomic mass is 16.5. The van der Waals surface area contributed by atoms with Crippen LogP contribution in [0.3, 0.4) is 0 Å². The van der Waals surface area contributed by atoms with E-state index in [9.17, 15) is 4.79 Å². The Morgan fingerprint density at radius 2 is 1.90 bits per heavy atom. The lowest BCUT2D eigenvalue weighted by Crippen LogP contribution is -2.16. The van der Waals surface area contributed by atoms with Gasteiger partial charge < -0.3 is 35.3 Å². The van der Waals surface area contributed by atoms with Crippen molar-refractivity contribution in [3.8, 4) is 17.2 Å². The van der Waals surface area contributed by atoms with Crippen molar-refractivity contribution in [1.29, 1.82) is 0 Å². The molecule has 0 radical (unpaired) electrons. The van der Waals surface area contributed by atoms with Crippen LogP contribution in [0.2, 0.25) is 0 Å². The number of ether oxygens (including phenoxy) is 3. The van der Waals surface area contributed by atoms with Gasteiger partial charge in [0, 0.05) is 5.56 Å².